The first-order valence-corrected chi connectivity index (χ1v) is 3.89. The maximum atomic E-state index is 11.1. The standard InChI is InChI=1S/C7H15N3O3/c1-4-13-7(12)5(8)6(11)9-10(2)3/h5H,4,8H2,1-3H3,(H,9,11). The van der Waals surface area contributed by atoms with E-state index in [0.29, 0.717) is 0 Å². The van der Waals surface area contributed by atoms with Crippen molar-refractivity contribution in [3.8, 4) is 0 Å². The fraction of sp³-hybridized carbons (Fsp3) is 0.714. The normalized spacial score (nSPS) is 12.4. The minimum Gasteiger partial charge on any atom is -0.464 e. The molecule has 0 aromatic carbocycles. The molecule has 0 aromatic rings. The Kier molecular flexibility index (Phi) is 5.01. The highest BCUT2D eigenvalue weighted by Gasteiger charge is 2.23. The first-order chi connectivity index (χ1) is 5.99. The van der Waals surface area contributed by atoms with Gasteiger partial charge in [0.25, 0.3) is 5.91 Å². The molecule has 0 bridgehead atoms. The topological polar surface area (TPSA) is 84.7 Å². The van der Waals surface area contributed by atoms with Crippen molar-refractivity contribution in [3.63, 3.8) is 0 Å². The number of carbonyl (C=O) groups excluding carboxylic acids is 2. The van der Waals surface area contributed by atoms with Gasteiger partial charge in [0.2, 0.25) is 0 Å². The lowest BCUT2D eigenvalue weighted by Gasteiger charge is -2.15. The summed E-state index contributed by atoms with van der Waals surface area (Å²) in [6.45, 7) is 1.86. The lowest BCUT2D eigenvalue weighted by atomic mass is 10.3. The van der Waals surface area contributed by atoms with Crippen LogP contribution in [0.4, 0.5) is 0 Å². The van der Waals surface area contributed by atoms with Gasteiger partial charge in [0, 0.05) is 14.1 Å². The van der Waals surface area contributed by atoms with E-state index >= 15 is 0 Å². The van der Waals surface area contributed by atoms with Crippen LogP contribution >= 0.6 is 0 Å². The fourth-order valence-corrected chi connectivity index (χ4v) is 0.629. The maximum absolute atomic E-state index is 11.1. The molecule has 0 spiro atoms. The number of rotatable bonds is 4. The average molecular weight is 189 g/mol. The van der Waals surface area contributed by atoms with E-state index in [0.717, 1.165) is 0 Å². The van der Waals surface area contributed by atoms with Gasteiger partial charge in [-0.1, -0.05) is 0 Å². The zero-order valence-electron chi connectivity index (χ0n) is 8.03. The predicted octanol–water partition coefficient (Wildman–Crippen LogP) is -1.53. The molecule has 0 aromatic heterocycles. The Morgan fingerprint density at radius 1 is 1.54 bits per heavy atom. The minimum atomic E-state index is -1.26. The van der Waals surface area contributed by atoms with Crippen molar-refractivity contribution >= 4 is 11.9 Å². The first-order valence-electron chi connectivity index (χ1n) is 3.89. The third kappa shape index (κ3) is 4.44. The van der Waals surface area contributed by atoms with Crippen molar-refractivity contribution < 1.29 is 14.3 Å². The van der Waals surface area contributed by atoms with Gasteiger partial charge in [-0.05, 0) is 6.92 Å². The number of nitrogens with two attached hydrogens (primary N) is 1. The van der Waals surface area contributed by atoms with E-state index in [9.17, 15) is 9.59 Å². The van der Waals surface area contributed by atoms with Crippen LogP contribution in [0.2, 0.25) is 0 Å². The summed E-state index contributed by atoms with van der Waals surface area (Å²) < 4.78 is 4.56. The van der Waals surface area contributed by atoms with Gasteiger partial charge in [-0.2, -0.15) is 0 Å². The van der Waals surface area contributed by atoms with Gasteiger partial charge < -0.3 is 10.5 Å². The number of nitrogens with one attached hydrogen (secondary N) is 1. The summed E-state index contributed by atoms with van der Waals surface area (Å²) in [7, 11) is 3.24. The molecule has 0 saturated carbocycles. The molecule has 13 heavy (non-hydrogen) atoms. The molecular formula is C7H15N3O3. The molecule has 6 nitrogen and oxygen atoms in total. The number of hydrogen-bond donors (Lipinski definition) is 2. The van der Waals surface area contributed by atoms with Crippen LogP contribution in [-0.4, -0.2) is 43.6 Å². The summed E-state index contributed by atoms with van der Waals surface area (Å²) in [5.41, 5.74) is 7.63. The van der Waals surface area contributed by atoms with Crippen molar-refractivity contribution in [2.24, 2.45) is 5.73 Å². The molecular weight excluding hydrogens is 174 g/mol. The minimum absolute atomic E-state index is 0.210. The van der Waals surface area contributed by atoms with Crippen molar-refractivity contribution in [1.29, 1.82) is 0 Å². The van der Waals surface area contributed by atoms with Crippen LogP contribution in [0.25, 0.3) is 0 Å². The van der Waals surface area contributed by atoms with Gasteiger partial charge in [-0.15, -0.1) is 0 Å². The van der Waals surface area contributed by atoms with E-state index in [-0.39, 0.29) is 6.61 Å². The molecule has 0 radical (unpaired) electrons. The van der Waals surface area contributed by atoms with Crippen molar-refractivity contribution in [2.75, 3.05) is 20.7 Å². The number of hydrazine groups is 1. The number of esters is 1. The number of carbonyl (C=O) groups is 2. The molecule has 0 aliphatic carbocycles. The number of hydrogen-bond acceptors (Lipinski definition) is 5. The van der Waals surface area contributed by atoms with Crippen molar-refractivity contribution in [3.05, 3.63) is 0 Å². The highest BCUT2D eigenvalue weighted by Crippen LogP contribution is 1.86. The van der Waals surface area contributed by atoms with Crippen LogP contribution in [0.5, 0.6) is 0 Å². The van der Waals surface area contributed by atoms with Crippen LogP contribution in [0.1, 0.15) is 6.92 Å². The van der Waals surface area contributed by atoms with Gasteiger partial charge in [-0.3, -0.25) is 10.2 Å². The van der Waals surface area contributed by atoms with Crippen LogP contribution in [-0.2, 0) is 14.3 Å². The molecule has 0 fully saturated rings. The van der Waals surface area contributed by atoms with E-state index < -0.39 is 17.9 Å². The molecule has 76 valence electrons. The van der Waals surface area contributed by atoms with Gasteiger partial charge in [0.05, 0.1) is 6.61 Å². The van der Waals surface area contributed by atoms with Crippen LogP contribution in [0.15, 0.2) is 0 Å². The molecule has 0 rings (SSSR count). The largest absolute Gasteiger partial charge is 0.464 e. The van der Waals surface area contributed by atoms with Gasteiger partial charge in [-0.25, -0.2) is 9.80 Å². The summed E-state index contributed by atoms with van der Waals surface area (Å²) in [6, 6.07) is -1.26. The first kappa shape index (κ1) is 11.9. The lowest BCUT2D eigenvalue weighted by molar-refractivity contribution is -0.148. The summed E-state index contributed by atoms with van der Waals surface area (Å²) >= 11 is 0. The highest BCUT2D eigenvalue weighted by atomic mass is 16.5. The second-order valence-corrected chi connectivity index (χ2v) is 2.60. The quantitative estimate of drug-likeness (QED) is 0.318. The lowest BCUT2D eigenvalue weighted by Crippen LogP contribution is -2.50. The second-order valence-electron chi connectivity index (χ2n) is 2.60. The van der Waals surface area contributed by atoms with E-state index in [1.54, 1.807) is 21.0 Å². The number of amides is 1. The Bertz CT molecular complexity index is 193. The van der Waals surface area contributed by atoms with Crippen LogP contribution < -0.4 is 11.2 Å². The van der Waals surface area contributed by atoms with E-state index in [4.69, 9.17) is 5.73 Å². The Hall–Kier alpha value is -1.14. The monoisotopic (exact) mass is 189 g/mol. The molecule has 1 unspecified atom stereocenters. The smallest absolute Gasteiger partial charge is 0.332 e. The SMILES string of the molecule is CCOC(=O)C(N)C(=O)NN(C)C. The molecule has 1 atom stereocenters. The Morgan fingerprint density at radius 3 is 2.46 bits per heavy atom. The van der Waals surface area contributed by atoms with Crippen LogP contribution in [0, 0.1) is 0 Å². The molecule has 6 heteroatoms. The Labute approximate surface area is 77.0 Å². The van der Waals surface area contributed by atoms with E-state index in [2.05, 4.69) is 10.2 Å². The van der Waals surface area contributed by atoms with Gasteiger partial charge in [0.15, 0.2) is 6.04 Å². The third-order valence-corrected chi connectivity index (χ3v) is 1.16. The predicted molar refractivity (Wildman–Crippen MR) is 46.4 cm³/mol. The van der Waals surface area contributed by atoms with Crippen LogP contribution in [0.3, 0.4) is 0 Å². The number of nitrogens with zero attached hydrogens (tertiary/aromatic N) is 1. The molecule has 0 saturated heterocycles. The fourth-order valence-electron chi connectivity index (χ4n) is 0.629. The van der Waals surface area contributed by atoms with Crippen molar-refractivity contribution in [1.82, 2.24) is 10.4 Å². The summed E-state index contributed by atoms with van der Waals surface area (Å²) in [5.74, 6) is -1.30. The zero-order valence-corrected chi connectivity index (χ0v) is 8.03. The zero-order chi connectivity index (χ0) is 10.4. The molecule has 0 aliphatic rings. The van der Waals surface area contributed by atoms with Crippen molar-refractivity contribution in [2.45, 2.75) is 13.0 Å². The number of ether oxygens (including phenoxy) is 1. The molecule has 3 N–H and O–H groups in total. The molecule has 0 heterocycles. The average Bonchev–Trinajstić information content (AvgIpc) is 2.02. The summed E-state index contributed by atoms with van der Waals surface area (Å²) in [5, 5.41) is 1.40. The van der Waals surface area contributed by atoms with Gasteiger partial charge >= 0.3 is 5.97 Å². The van der Waals surface area contributed by atoms with E-state index in [1.807, 2.05) is 0 Å². The van der Waals surface area contributed by atoms with Gasteiger partial charge in [0.1, 0.15) is 0 Å². The van der Waals surface area contributed by atoms with E-state index in [1.165, 1.54) is 5.01 Å². The molecule has 1 amide bonds. The third-order valence-electron chi connectivity index (χ3n) is 1.16. The summed E-state index contributed by atoms with van der Waals surface area (Å²) in [4.78, 5) is 22.0. The Balaban J connectivity index is 4.01. The second kappa shape index (κ2) is 5.50. The highest BCUT2D eigenvalue weighted by molar-refractivity contribution is 6.01. The summed E-state index contributed by atoms with van der Waals surface area (Å²) in [6.07, 6.45) is 0. The molecule has 0 aliphatic heterocycles. The Morgan fingerprint density at radius 2 is 2.08 bits per heavy atom. The maximum Gasteiger partial charge on any atom is 0.332 e.